The molecule has 0 heterocycles. The van der Waals surface area contributed by atoms with E-state index >= 15 is 0 Å². The highest BCUT2D eigenvalue weighted by atomic mass is 32.1. The summed E-state index contributed by atoms with van der Waals surface area (Å²) in [6.07, 6.45) is 5.73. The van der Waals surface area contributed by atoms with Gasteiger partial charge >= 0.3 is 0 Å². The second-order valence-electron chi connectivity index (χ2n) is 4.66. The van der Waals surface area contributed by atoms with Crippen molar-refractivity contribution in [1.82, 2.24) is 5.32 Å². The van der Waals surface area contributed by atoms with E-state index in [4.69, 9.17) is 18.0 Å². The van der Waals surface area contributed by atoms with Gasteiger partial charge in [0.1, 0.15) is 0 Å². The van der Waals surface area contributed by atoms with Gasteiger partial charge in [-0.1, -0.05) is 38.9 Å². The molecule has 0 spiro atoms. The lowest BCUT2D eigenvalue weighted by Gasteiger charge is -2.30. The standard InChI is InChI=1S/C12H22N2OS/c1-3-9(4-2)10(15)14-12(11(13)16)7-5-6-8-12/h9H,3-8H2,1-2H3,(H2,13,16)(H,14,15). The van der Waals surface area contributed by atoms with Crippen LogP contribution in [-0.4, -0.2) is 16.4 Å². The Labute approximate surface area is 103 Å². The van der Waals surface area contributed by atoms with Gasteiger partial charge in [-0.3, -0.25) is 4.79 Å². The Bertz CT molecular complexity index is 268. The van der Waals surface area contributed by atoms with Crippen molar-refractivity contribution in [1.29, 1.82) is 0 Å². The summed E-state index contributed by atoms with van der Waals surface area (Å²) in [4.78, 5) is 12.5. The molecule has 92 valence electrons. The summed E-state index contributed by atoms with van der Waals surface area (Å²) < 4.78 is 0. The van der Waals surface area contributed by atoms with E-state index in [1.807, 2.05) is 13.8 Å². The second kappa shape index (κ2) is 5.62. The summed E-state index contributed by atoms with van der Waals surface area (Å²) in [5.41, 5.74) is 5.39. The van der Waals surface area contributed by atoms with Crippen molar-refractivity contribution >= 4 is 23.1 Å². The molecule has 1 fully saturated rings. The molecular formula is C12H22N2OS. The molecule has 1 amide bonds. The summed E-state index contributed by atoms with van der Waals surface area (Å²) in [5.74, 6) is 0.200. The highest BCUT2D eigenvalue weighted by Gasteiger charge is 2.38. The number of amides is 1. The molecular weight excluding hydrogens is 220 g/mol. The van der Waals surface area contributed by atoms with Gasteiger partial charge in [-0.2, -0.15) is 0 Å². The van der Waals surface area contributed by atoms with Crippen LogP contribution in [-0.2, 0) is 4.79 Å². The van der Waals surface area contributed by atoms with E-state index in [0.29, 0.717) is 4.99 Å². The predicted molar refractivity (Wildman–Crippen MR) is 70.2 cm³/mol. The summed E-state index contributed by atoms with van der Waals surface area (Å²) in [7, 11) is 0. The topological polar surface area (TPSA) is 55.1 Å². The number of hydrogen-bond acceptors (Lipinski definition) is 2. The molecule has 3 N–H and O–H groups in total. The minimum absolute atomic E-state index is 0.0897. The first kappa shape index (κ1) is 13.4. The number of carbonyl (C=O) groups is 1. The minimum Gasteiger partial charge on any atom is -0.391 e. The van der Waals surface area contributed by atoms with E-state index in [-0.39, 0.29) is 11.8 Å². The molecule has 0 saturated heterocycles. The Hall–Kier alpha value is -0.640. The van der Waals surface area contributed by atoms with E-state index in [0.717, 1.165) is 38.5 Å². The first-order valence-corrected chi connectivity index (χ1v) is 6.58. The highest BCUT2D eigenvalue weighted by molar-refractivity contribution is 7.80. The summed E-state index contributed by atoms with van der Waals surface area (Å²) in [6, 6.07) is 0. The molecule has 0 aromatic heterocycles. The molecule has 3 nitrogen and oxygen atoms in total. The van der Waals surface area contributed by atoms with Gasteiger partial charge in [0.05, 0.1) is 10.5 Å². The van der Waals surface area contributed by atoms with Crippen LogP contribution in [0.25, 0.3) is 0 Å². The van der Waals surface area contributed by atoms with Gasteiger partial charge < -0.3 is 11.1 Å². The first-order valence-electron chi connectivity index (χ1n) is 6.17. The quantitative estimate of drug-likeness (QED) is 0.726. The number of thiocarbonyl (C=S) groups is 1. The van der Waals surface area contributed by atoms with Gasteiger partial charge in [0.2, 0.25) is 5.91 Å². The first-order chi connectivity index (χ1) is 7.55. The molecule has 0 unspecified atom stereocenters. The second-order valence-corrected chi connectivity index (χ2v) is 5.10. The molecule has 0 aliphatic heterocycles. The maximum Gasteiger partial charge on any atom is 0.223 e. The van der Waals surface area contributed by atoms with Crippen LogP contribution in [0.2, 0.25) is 0 Å². The molecule has 0 bridgehead atoms. The van der Waals surface area contributed by atoms with Crippen molar-refractivity contribution in [3.05, 3.63) is 0 Å². The van der Waals surface area contributed by atoms with Crippen LogP contribution in [0.3, 0.4) is 0 Å². The van der Waals surface area contributed by atoms with Crippen LogP contribution in [0.1, 0.15) is 52.4 Å². The number of nitrogens with two attached hydrogens (primary N) is 1. The van der Waals surface area contributed by atoms with E-state index in [1.165, 1.54) is 0 Å². The molecule has 1 aliphatic carbocycles. The van der Waals surface area contributed by atoms with Crippen molar-refractivity contribution < 1.29 is 4.79 Å². The largest absolute Gasteiger partial charge is 0.391 e. The number of nitrogens with one attached hydrogen (secondary N) is 1. The average Bonchev–Trinajstić information content (AvgIpc) is 2.69. The van der Waals surface area contributed by atoms with E-state index in [2.05, 4.69) is 5.32 Å². The summed E-state index contributed by atoms with van der Waals surface area (Å²) >= 11 is 5.11. The molecule has 0 aromatic carbocycles. The monoisotopic (exact) mass is 242 g/mol. The Kier molecular flexibility index (Phi) is 4.71. The fourth-order valence-electron chi connectivity index (χ4n) is 2.41. The SMILES string of the molecule is CCC(CC)C(=O)NC1(C(N)=S)CCCC1. The van der Waals surface area contributed by atoms with Crippen LogP contribution in [0.5, 0.6) is 0 Å². The normalized spacial score (nSPS) is 18.7. The van der Waals surface area contributed by atoms with Crippen molar-refractivity contribution in [2.24, 2.45) is 11.7 Å². The number of hydrogen-bond donors (Lipinski definition) is 2. The minimum atomic E-state index is -0.394. The van der Waals surface area contributed by atoms with Gasteiger partial charge in [0.25, 0.3) is 0 Å². The van der Waals surface area contributed by atoms with Crippen LogP contribution < -0.4 is 11.1 Å². The zero-order valence-electron chi connectivity index (χ0n) is 10.2. The summed E-state index contributed by atoms with van der Waals surface area (Å²) in [5, 5.41) is 3.09. The third-order valence-electron chi connectivity index (χ3n) is 3.65. The van der Waals surface area contributed by atoms with Gasteiger partial charge in [-0.15, -0.1) is 0 Å². The maximum absolute atomic E-state index is 12.0. The molecule has 1 rings (SSSR count). The molecule has 1 saturated carbocycles. The Morgan fingerprint density at radius 1 is 1.38 bits per heavy atom. The lowest BCUT2D eigenvalue weighted by molar-refractivity contribution is -0.126. The smallest absolute Gasteiger partial charge is 0.223 e. The van der Waals surface area contributed by atoms with Crippen LogP contribution >= 0.6 is 12.2 Å². The molecule has 4 heteroatoms. The summed E-state index contributed by atoms with van der Waals surface area (Å²) in [6.45, 7) is 4.08. The maximum atomic E-state index is 12.0. The van der Waals surface area contributed by atoms with E-state index < -0.39 is 5.54 Å². The van der Waals surface area contributed by atoms with Crippen molar-refractivity contribution in [2.75, 3.05) is 0 Å². The van der Waals surface area contributed by atoms with Gasteiger partial charge in [0.15, 0.2) is 0 Å². The molecule has 0 radical (unpaired) electrons. The van der Waals surface area contributed by atoms with Crippen LogP contribution in [0.15, 0.2) is 0 Å². The van der Waals surface area contributed by atoms with E-state index in [1.54, 1.807) is 0 Å². The fourth-order valence-corrected chi connectivity index (χ4v) is 2.66. The zero-order chi connectivity index (χ0) is 12.2. The van der Waals surface area contributed by atoms with Gasteiger partial charge in [0, 0.05) is 5.92 Å². The zero-order valence-corrected chi connectivity index (χ0v) is 11.0. The molecule has 0 aromatic rings. The Morgan fingerprint density at radius 3 is 2.25 bits per heavy atom. The van der Waals surface area contributed by atoms with E-state index in [9.17, 15) is 4.79 Å². The van der Waals surface area contributed by atoms with Gasteiger partial charge in [-0.05, 0) is 25.7 Å². The Morgan fingerprint density at radius 2 is 1.88 bits per heavy atom. The van der Waals surface area contributed by atoms with Crippen molar-refractivity contribution in [2.45, 2.75) is 57.9 Å². The van der Waals surface area contributed by atoms with Crippen LogP contribution in [0, 0.1) is 5.92 Å². The molecule has 1 aliphatic rings. The number of rotatable bonds is 5. The van der Waals surface area contributed by atoms with Crippen LogP contribution in [0.4, 0.5) is 0 Å². The number of carbonyl (C=O) groups excluding carboxylic acids is 1. The van der Waals surface area contributed by atoms with Gasteiger partial charge in [-0.25, -0.2) is 0 Å². The molecule has 16 heavy (non-hydrogen) atoms. The molecule has 0 atom stereocenters. The lowest BCUT2D eigenvalue weighted by Crippen LogP contribution is -2.56. The Balaban J connectivity index is 2.69. The average molecular weight is 242 g/mol. The highest BCUT2D eigenvalue weighted by Crippen LogP contribution is 2.30. The third kappa shape index (κ3) is 2.73. The third-order valence-corrected chi connectivity index (χ3v) is 4.04. The van der Waals surface area contributed by atoms with Crippen molar-refractivity contribution in [3.63, 3.8) is 0 Å². The predicted octanol–water partition coefficient (Wildman–Crippen LogP) is 2.14. The fraction of sp³-hybridized carbons (Fsp3) is 0.833. The lowest BCUT2D eigenvalue weighted by atomic mass is 9.94. The van der Waals surface area contributed by atoms with Crippen molar-refractivity contribution in [3.8, 4) is 0 Å².